The van der Waals surface area contributed by atoms with Crippen molar-refractivity contribution < 1.29 is 4.39 Å². The average Bonchev–Trinajstić information content (AvgIpc) is 2.81. The topological polar surface area (TPSA) is 63.8 Å². The van der Waals surface area contributed by atoms with Gasteiger partial charge in [0.1, 0.15) is 6.33 Å². The van der Waals surface area contributed by atoms with Gasteiger partial charge in [-0.05, 0) is 19.3 Å². The molecule has 0 aliphatic heterocycles. The van der Waals surface area contributed by atoms with Gasteiger partial charge in [0.05, 0.1) is 11.2 Å². The van der Waals surface area contributed by atoms with Crippen LogP contribution in [0.2, 0.25) is 0 Å². The van der Waals surface area contributed by atoms with Gasteiger partial charge in [-0.3, -0.25) is 0 Å². The first-order chi connectivity index (χ1) is 8.21. The van der Waals surface area contributed by atoms with Crippen molar-refractivity contribution in [3.8, 4) is 0 Å². The Bertz CT molecular complexity index is 388. The summed E-state index contributed by atoms with van der Waals surface area (Å²) in [7, 11) is 0. The van der Waals surface area contributed by atoms with Crippen LogP contribution < -0.4 is 11.1 Å². The molecule has 1 aromatic rings. The number of aryl methyl sites for hydroxylation is 1. The number of rotatable bonds is 4. The maximum Gasteiger partial charge on any atom is 0.186 e. The fourth-order valence-corrected chi connectivity index (χ4v) is 2.42. The highest BCUT2D eigenvalue weighted by Crippen LogP contribution is 2.32. The second-order valence-corrected chi connectivity index (χ2v) is 4.65. The van der Waals surface area contributed by atoms with E-state index in [9.17, 15) is 4.39 Å². The Labute approximate surface area is 101 Å². The lowest BCUT2D eigenvalue weighted by Gasteiger charge is -2.29. The van der Waals surface area contributed by atoms with Crippen LogP contribution in [0.15, 0.2) is 6.33 Å². The van der Waals surface area contributed by atoms with Crippen LogP contribution in [0.25, 0.3) is 0 Å². The monoisotopic (exact) mass is 238 g/mol. The first-order valence-corrected chi connectivity index (χ1v) is 6.18. The largest absolute Gasteiger partial charge is 0.361 e. The van der Waals surface area contributed by atoms with E-state index in [1.54, 1.807) is 0 Å². The maximum absolute atomic E-state index is 14.0. The number of nitrogens with one attached hydrogen (secondary N) is 1. The van der Waals surface area contributed by atoms with E-state index in [0.29, 0.717) is 24.5 Å². The van der Waals surface area contributed by atoms with E-state index in [1.807, 2.05) is 6.92 Å². The summed E-state index contributed by atoms with van der Waals surface area (Å²) < 4.78 is 14.0. The quantitative estimate of drug-likeness (QED) is 0.840. The van der Waals surface area contributed by atoms with Gasteiger partial charge in [-0.25, -0.2) is 14.4 Å². The van der Waals surface area contributed by atoms with E-state index in [-0.39, 0.29) is 11.4 Å². The second kappa shape index (κ2) is 4.96. The second-order valence-electron chi connectivity index (χ2n) is 4.65. The Morgan fingerprint density at radius 2 is 2.12 bits per heavy atom. The molecule has 0 saturated heterocycles. The van der Waals surface area contributed by atoms with E-state index in [1.165, 1.54) is 6.33 Å². The number of halogens is 1. The Hall–Kier alpha value is -1.23. The van der Waals surface area contributed by atoms with Crippen molar-refractivity contribution in [3.05, 3.63) is 17.8 Å². The van der Waals surface area contributed by atoms with Crippen molar-refractivity contribution >= 4 is 5.82 Å². The summed E-state index contributed by atoms with van der Waals surface area (Å²) in [6, 6.07) is 0. The third-order valence-electron chi connectivity index (χ3n) is 3.53. The summed E-state index contributed by atoms with van der Waals surface area (Å²) in [6.45, 7) is 2.39. The van der Waals surface area contributed by atoms with Crippen LogP contribution in [0.4, 0.5) is 10.2 Å². The molecule has 17 heavy (non-hydrogen) atoms. The van der Waals surface area contributed by atoms with Gasteiger partial charge in [0.2, 0.25) is 0 Å². The lowest BCUT2D eigenvalue weighted by Crippen LogP contribution is -2.43. The van der Waals surface area contributed by atoms with Crippen molar-refractivity contribution in [1.82, 2.24) is 9.97 Å². The van der Waals surface area contributed by atoms with Gasteiger partial charge < -0.3 is 11.1 Å². The number of anilines is 1. The highest BCUT2D eigenvalue weighted by molar-refractivity contribution is 5.41. The number of hydrogen-bond donors (Lipinski definition) is 2. The van der Waals surface area contributed by atoms with Gasteiger partial charge in [-0.1, -0.05) is 19.8 Å². The number of nitrogens with zero attached hydrogens (tertiary/aromatic N) is 2. The Kier molecular flexibility index (Phi) is 3.57. The summed E-state index contributed by atoms with van der Waals surface area (Å²) in [5.41, 5.74) is 6.08. The van der Waals surface area contributed by atoms with Crippen molar-refractivity contribution in [1.29, 1.82) is 0 Å². The highest BCUT2D eigenvalue weighted by Gasteiger charge is 2.33. The van der Waals surface area contributed by atoms with Gasteiger partial charge in [0.15, 0.2) is 11.6 Å². The zero-order valence-electron chi connectivity index (χ0n) is 10.2. The van der Waals surface area contributed by atoms with Gasteiger partial charge in [0.25, 0.3) is 0 Å². The zero-order valence-corrected chi connectivity index (χ0v) is 10.2. The standard InChI is InChI=1S/C12H19FN4/c1-2-9-10(13)11(16-8-15-9)17-12(7-14)5-3-4-6-12/h8H,2-7,14H2,1H3,(H,15,16,17). The molecule has 1 aromatic heterocycles. The molecule has 2 rings (SSSR count). The van der Waals surface area contributed by atoms with E-state index < -0.39 is 0 Å². The number of aromatic nitrogens is 2. The molecule has 1 heterocycles. The lowest BCUT2D eigenvalue weighted by molar-refractivity contribution is 0.483. The van der Waals surface area contributed by atoms with E-state index >= 15 is 0 Å². The summed E-state index contributed by atoms with van der Waals surface area (Å²) in [6.07, 6.45) is 6.21. The third kappa shape index (κ3) is 2.39. The van der Waals surface area contributed by atoms with Crippen LogP contribution in [0, 0.1) is 5.82 Å². The molecule has 0 amide bonds. The smallest absolute Gasteiger partial charge is 0.186 e. The summed E-state index contributed by atoms with van der Waals surface area (Å²) >= 11 is 0. The summed E-state index contributed by atoms with van der Waals surface area (Å²) in [4.78, 5) is 7.91. The van der Waals surface area contributed by atoms with Crippen LogP contribution >= 0.6 is 0 Å². The van der Waals surface area contributed by atoms with Crippen LogP contribution in [0.3, 0.4) is 0 Å². The molecule has 0 bridgehead atoms. The Morgan fingerprint density at radius 1 is 1.41 bits per heavy atom. The predicted octanol–water partition coefficient (Wildman–Crippen LogP) is 1.86. The summed E-state index contributed by atoms with van der Waals surface area (Å²) in [5.74, 6) is -0.0427. The number of hydrogen-bond acceptors (Lipinski definition) is 4. The molecular weight excluding hydrogens is 219 g/mol. The highest BCUT2D eigenvalue weighted by atomic mass is 19.1. The van der Waals surface area contributed by atoms with Crippen molar-refractivity contribution in [3.63, 3.8) is 0 Å². The predicted molar refractivity (Wildman–Crippen MR) is 65.2 cm³/mol. The molecular formula is C12H19FN4. The van der Waals surface area contributed by atoms with Crippen molar-refractivity contribution in [2.24, 2.45) is 5.73 Å². The van der Waals surface area contributed by atoms with E-state index in [0.717, 1.165) is 25.7 Å². The molecule has 4 nitrogen and oxygen atoms in total. The number of nitrogens with two attached hydrogens (primary N) is 1. The molecule has 1 fully saturated rings. The molecule has 5 heteroatoms. The summed E-state index contributed by atoms with van der Waals surface area (Å²) in [5, 5.41) is 3.20. The maximum atomic E-state index is 14.0. The molecule has 1 aliphatic carbocycles. The molecule has 94 valence electrons. The van der Waals surface area contributed by atoms with E-state index in [2.05, 4.69) is 15.3 Å². The van der Waals surface area contributed by atoms with Crippen molar-refractivity contribution in [2.45, 2.75) is 44.6 Å². The minimum absolute atomic E-state index is 0.180. The minimum Gasteiger partial charge on any atom is -0.361 e. The van der Waals surface area contributed by atoms with Crippen LogP contribution in [-0.4, -0.2) is 22.1 Å². The third-order valence-corrected chi connectivity index (χ3v) is 3.53. The minimum atomic E-state index is -0.338. The first-order valence-electron chi connectivity index (χ1n) is 6.18. The Balaban J connectivity index is 2.23. The van der Waals surface area contributed by atoms with Crippen molar-refractivity contribution in [2.75, 3.05) is 11.9 Å². The molecule has 0 aromatic carbocycles. The van der Waals surface area contributed by atoms with Crippen LogP contribution in [-0.2, 0) is 6.42 Å². The fourth-order valence-electron chi connectivity index (χ4n) is 2.42. The van der Waals surface area contributed by atoms with E-state index in [4.69, 9.17) is 5.73 Å². The average molecular weight is 238 g/mol. The molecule has 0 atom stereocenters. The zero-order chi connectivity index (χ0) is 12.3. The molecule has 1 saturated carbocycles. The molecule has 1 aliphatic rings. The normalized spacial score (nSPS) is 18.3. The molecule has 0 unspecified atom stereocenters. The van der Waals surface area contributed by atoms with Crippen LogP contribution in [0.5, 0.6) is 0 Å². The Morgan fingerprint density at radius 3 is 2.71 bits per heavy atom. The SMILES string of the molecule is CCc1ncnc(NC2(CN)CCCC2)c1F. The van der Waals surface area contributed by atoms with Gasteiger partial charge in [-0.15, -0.1) is 0 Å². The molecule has 0 radical (unpaired) electrons. The van der Waals surface area contributed by atoms with Gasteiger partial charge >= 0.3 is 0 Å². The molecule has 3 N–H and O–H groups in total. The van der Waals surface area contributed by atoms with Gasteiger partial charge in [-0.2, -0.15) is 0 Å². The first kappa shape index (κ1) is 12.2. The van der Waals surface area contributed by atoms with Gasteiger partial charge in [0, 0.05) is 6.54 Å². The van der Waals surface area contributed by atoms with Crippen LogP contribution in [0.1, 0.15) is 38.3 Å². The molecule has 0 spiro atoms. The fraction of sp³-hybridized carbons (Fsp3) is 0.667. The lowest BCUT2D eigenvalue weighted by atomic mass is 9.98.